The molecule has 2 rings (SSSR count). The minimum Gasteiger partial charge on any atom is -0.379 e. The Kier molecular flexibility index (Phi) is 2.74. The summed E-state index contributed by atoms with van der Waals surface area (Å²) < 4.78 is 5.35. The van der Waals surface area contributed by atoms with Gasteiger partial charge in [-0.15, -0.1) is 0 Å². The van der Waals surface area contributed by atoms with Crippen LogP contribution in [0.15, 0.2) is 0 Å². The lowest BCUT2D eigenvalue weighted by atomic mass is 9.87. The first kappa shape index (κ1) is 10.9. The van der Waals surface area contributed by atoms with Crippen molar-refractivity contribution in [3.8, 4) is 6.07 Å². The zero-order valence-electron chi connectivity index (χ0n) is 9.75. The van der Waals surface area contributed by atoms with Crippen LogP contribution in [-0.4, -0.2) is 36.7 Å². The van der Waals surface area contributed by atoms with Gasteiger partial charge in [-0.05, 0) is 24.7 Å². The van der Waals surface area contributed by atoms with Crippen molar-refractivity contribution in [2.24, 2.45) is 5.41 Å². The van der Waals surface area contributed by atoms with Crippen LogP contribution in [0.3, 0.4) is 0 Å². The van der Waals surface area contributed by atoms with Gasteiger partial charge in [0.2, 0.25) is 0 Å². The molecule has 1 aliphatic carbocycles. The molecule has 1 saturated heterocycles. The summed E-state index contributed by atoms with van der Waals surface area (Å²) in [6.45, 7) is 7.94. The smallest absolute Gasteiger partial charge is 0.109 e. The van der Waals surface area contributed by atoms with E-state index in [9.17, 15) is 5.26 Å². The molecule has 2 aliphatic rings. The quantitative estimate of drug-likeness (QED) is 0.659. The SMILES string of the molecule is CC1(C)CCC(C#N)(N2CCOCC2)C1. The highest BCUT2D eigenvalue weighted by molar-refractivity contribution is 5.14. The largest absolute Gasteiger partial charge is 0.379 e. The third-order valence-electron chi connectivity index (χ3n) is 3.81. The van der Waals surface area contributed by atoms with Crippen LogP contribution in [0.1, 0.15) is 33.1 Å². The summed E-state index contributed by atoms with van der Waals surface area (Å²) in [4.78, 5) is 2.34. The minimum absolute atomic E-state index is 0.201. The minimum atomic E-state index is -0.201. The van der Waals surface area contributed by atoms with E-state index in [1.54, 1.807) is 0 Å². The van der Waals surface area contributed by atoms with Gasteiger partial charge < -0.3 is 4.74 Å². The van der Waals surface area contributed by atoms with Crippen LogP contribution in [-0.2, 0) is 4.74 Å². The van der Waals surface area contributed by atoms with Gasteiger partial charge in [-0.2, -0.15) is 5.26 Å². The lowest BCUT2D eigenvalue weighted by Gasteiger charge is -2.39. The van der Waals surface area contributed by atoms with Crippen molar-refractivity contribution in [1.82, 2.24) is 4.90 Å². The molecule has 0 N–H and O–H groups in total. The van der Waals surface area contributed by atoms with E-state index < -0.39 is 0 Å². The highest BCUT2D eigenvalue weighted by atomic mass is 16.5. The first-order chi connectivity index (χ1) is 7.08. The maximum Gasteiger partial charge on any atom is 0.109 e. The van der Waals surface area contributed by atoms with Gasteiger partial charge in [-0.1, -0.05) is 13.8 Å². The summed E-state index contributed by atoms with van der Waals surface area (Å²) in [6, 6.07) is 2.57. The third kappa shape index (κ3) is 2.02. The van der Waals surface area contributed by atoms with Crippen molar-refractivity contribution in [2.45, 2.75) is 38.6 Å². The molecule has 3 nitrogen and oxygen atoms in total. The molecule has 3 heteroatoms. The molecule has 1 heterocycles. The van der Waals surface area contributed by atoms with Gasteiger partial charge in [0.1, 0.15) is 5.54 Å². The Morgan fingerprint density at radius 3 is 2.33 bits per heavy atom. The fourth-order valence-corrected chi connectivity index (χ4v) is 2.94. The van der Waals surface area contributed by atoms with Crippen LogP contribution in [0.25, 0.3) is 0 Å². The van der Waals surface area contributed by atoms with Gasteiger partial charge in [0.25, 0.3) is 0 Å². The normalized spacial score (nSPS) is 36.3. The highest BCUT2D eigenvalue weighted by Gasteiger charge is 2.47. The van der Waals surface area contributed by atoms with Crippen molar-refractivity contribution in [2.75, 3.05) is 26.3 Å². The summed E-state index contributed by atoms with van der Waals surface area (Å²) in [5, 5.41) is 9.47. The number of nitriles is 1. The van der Waals surface area contributed by atoms with E-state index in [0.29, 0.717) is 5.41 Å². The van der Waals surface area contributed by atoms with Gasteiger partial charge in [0, 0.05) is 13.1 Å². The molecule has 15 heavy (non-hydrogen) atoms. The summed E-state index contributed by atoms with van der Waals surface area (Å²) in [5.74, 6) is 0. The van der Waals surface area contributed by atoms with Gasteiger partial charge in [-0.25, -0.2) is 0 Å². The average molecular weight is 208 g/mol. The molecular weight excluding hydrogens is 188 g/mol. The molecule has 1 unspecified atom stereocenters. The van der Waals surface area contributed by atoms with E-state index in [4.69, 9.17) is 4.74 Å². The molecule has 0 amide bonds. The summed E-state index contributed by atoms with van der Waals surface area (Å²) in [7, 11) is 0. The van der Waals surface area contributed by atoms with Crippen LogP contribution in [0.4, 0.5) is 0 Å². The first-order valence-corrected chi connectivity index (χ1v) is 5.82. The van der Waals surface area contributed by atoms with Crippen LogP contribution in [0.5, 0.6) is 0 Å². The van der Waals surface area contributed by atoms with Gasteiger partial charge in [-0.3, -0.25) is 4.90 Å². The topological polar surface area (TPSA) is 36.3 Å². The second-order valence-electron chi connectivity index (χ2n) is 5.58. The molecule has 0 aromatic carbocycles. The van der Waals surface area contributed by atoms with E-state index in [-0.39, 0.29) is 5.54 Å². The lowest BCUT2D eigenvalue weighted by Crippen LogP contribution is -2.51. The molecule has 1 aliphatic heterocycles. The summed E-state index contributed by atoms with van der Waals surface area (Å²) in [5.41, 5.74) is 0.126. The van der Waals surface area contributed by atoms with Gasteiger partial charge in [0.15, 0.2) is 0 Å². The molecule has 0 bridgehead atoms. The zero-order valence-corrected chi connectivity index (χ0v) is 9.75. The lowest BCUT2D eigenvalue weighted by molar-refractivity contribution is -0.00425. The Morgan fingerprint density at radius 2 is 1.87 bits per heavy atom. The average Bonchev–Trinajstić information content (AvgIpc) is 2.57. The molecule has 1 atom stereocenters. The monoisotopic (exact) mass is 208 g/mol. The Balaban J connectivity index is 2.12. The Bertz CT molecular complexity index is 276. The van der Waals surface area contributed by atoms with Gasteiger partial charge >= 0.3 is 0 Å². The Hall–Kier alpha value is -0.590. The molecule has 0 aromatic rings. The molecule has 1 saturated carbocycles. The fraction of sp³-hybridized carbons (Fsp3) is 0.917. The number of rotatable bonds is 1. The van der Waals surface area contributed by atoms with E-state index in [2.05, 4.69) is 24.8 Å². The zero-order chi connectivity index (χ0) is 10.9. The standard InChI is InChI=1S/C12H20N2O/c1-11(2)3-4-12(9-11,10-13)14-5-7-15-8-6-14/h3-9H2,1-2H3. The second kappa shape index (κ2) is 3.77. The maximum absolute atomic E-state index is 9.47. The van der Waals surface area contributed by atoms with Crippen LogP contribution >= 0.6 is 0 Å². The summed E-state index contributed by atoms with van der Waals surface area (Å²) in [6.07, 6.45) is 3.20. The number of hydrogen-bond donors (Lipinski definition) is 0. The second-order valence-corrected chi connectivity index (χ2v) is 5.58. The summed E-state index contributed by atoms with van der Waals surface area (Å²) >= 11 is 0. The van der Waals surface area contributed by atoms with Gasteiger partial charge in [0.05, 0.1) is 19.3 Å². The number of ether oxygens (including phenoxy) is 1. The molecule has 84 valence electrons. The molecule has 0 spiro atoms. The van der Waals surface area contributed by atoms with E-state index in [0.717, 1.165) is 45.6 Å². The highest BCUT2D eigenvalue weighted by Crippen LogP contribution is 2.46. The van der Waals surface area contributed by atoms with Crippen molar-refractivity contribution >= 4 is 0 Å². The maximum atomic E-state index is 9.47. The van der Waals surface area contributed by atoms with Crippen molar-refractivity contribution in [3.05, 3.63) is 0 Å². The van der Waals surface area contributed by atoms with Crippen molar-refractivity contribution < 1.29 is 4.74 Å². The third-order valence-corrected chi connectivity index (χ3v) is 3.81. The predicted molar refractivity (Wildman–Crippen MR) is 58.4 cm³/mol. The van der Waals surface area contributed by atoms with Crippen LogP contribution in [0.2, 0.25) is 0 Å². The number of hydrogen-bond acceptors (Lipinski definition) is 3. The van der Waals surface area contributed by atoms with E-state index in [1.165, 1.54) is 0 Å². The Labute approximate surface area is 92.0 Å². The van der Waals surface area contributed by atoms with E-state index in [1.807, 2.05) is 0 Å². The molecule has 0 radical (unpaired) electrons. The van der Waals surface area contributed by atoms with Crippen molar-refractivity contribution in [1.29, 1.82) is 5.26 Å². The Morgan fingerprint density at radius 1 is 1.20 bits per heavy atom. The molecule has 2 fully saturated rings. The molecule has 0 aromatic heterocycles. The number of nitrogens with zero attached hydrogens (tertiary/aromatic N) is 2. The van der Waals surface area contributed by atoms with Crippen LogP contribution < -0.4 is 0 Å². The first-order valence-electron chi connectivity index (χ1n) is 5.82. The van der Waals surface area contributed by atoms with E-state index >= 15 is 0 Å². The predicted octanol–water partition coefficient (Wildman–Crippen LogP) is 1.79. The van der Waals surface area contributed by atoms with Crippen molar-refractivity contribution in [3.63, 3.8) is 0 Å². The number of morpholine rings is 1. The van der Waals surface area contributed by atoms with Crippen LogP contribution in [0, 0.1) is 16.7 Å². The fourth-order valence-electron chi connectivity index (χ4n) is 2.94. The molecular formula is C12H20N2O.